The molecule has 0 aliphatic carbocycles. The minimum Gasteiger partial charge on any atom is -0.394 e. The van der Waals surface area contributed by atoms with Crippen molar-refractivity contribution in [3.05, 3.63) is 70.5 Å². The van der Waals surface area contributed by atoms with Crippen molar-refractivity contribution in [1.29, 1.82) is 0 Å². The number of aryl methyl sites for hydroxylation is 2. The first-order valence-corrected chi connectivity index (χ1v) is 9.66. The molecule has 2 saturated heterocycles. The van der Waals surface area contributed by atoms with Gasteiger partial charge < -0.3 is 29.2 Å². The summed E-state index contributed by atoms with van der Waals surface area (Å²) in [5.41, 5.74) is 3.73. The first kappa shape index (κ1) is 20.4. The SMILES string of the molecule is Cc1ccc(C2OC3COC(c4ccc(F)cc4)OC3C(C(O)CO)O2)cc1C. The lowest BCUT2D eigenvalue weighted by Gasteiger charge is -2.47. The van der Waals surface area contributed by atoms with Crippen LogP contribution in [0, 0.1) is 19.7 Å². The molecule has 6 unspecified atom stereocenters. The average Bonchev–Trinajstić information content (AvgIpc) is 2.74. The number of hydrogen-bond acceptors (Lipinski definition) is 6. The van der Waals surface area contributed by atoms with Crippen LogP contribution in [0.15, 0.2) is 42.5 Å². The molecule has 0 spiro atoms. The number of benzene rings is 2. The van der Waals surface area contributed by atoms with E-state index in [4.69, 9.17) is 18.9 Å². The van der Waals surface area contributed by atoms with Gasteiger partial charge in [0.05, 0.1) is 13.2 Å². The molecule has 0 aromatic heterocycles. The third-order valence-corrected chi connectivity index (χ3v) is 5.47. The van der Waals surface area contributed by atoms with Gasteiger partial charge in [-0.3, -0.25) is 0 Å². The fraction of sp³-hybridized carbons (Fsp3) is 0.455. The van der Waals surface area contributed by atoms with Gasteiger partial charge in [-0.05, 0) is 37.1 Å². The maximum Gasteiger partial charge on any atom is 0.184 e. The monoisotopic (exact) mass is 404 g/mol. The standard InChI is InChI=1S/C22H25FO6/c1-12-3-4-15(9-13(12)2)22-27-18-11-26-21(14-5-7-16(23)8-6-14)29-20(18)19(28-22)17(25)10-24/h3-9,17-22,24-25H,10-11H2,1-2H3. The molecule has 6 atom stereocenters. The Labute approximate surface area is 168 Å². The Morgan fingerprint density at radius 1 is 0.966 bits per heavy atom. The number of fused-ring (bicyclic) bond motifs is 1. The van der Waals surface area contributed by atoms with E-state index in [-0.39, 0.29) is 12.4 Å². The molecular formula is C22H25FO6. The lowest BCUT2D eigenvalue weighted by molar-refractivity contribution is -0.373. The van der Waals surface area contributed by atoms with Crippen LogP contribution in [0.3, 0.4) is 0 Å². The van der Waals surface area contributed by atoms with E-state index in [0.717, 1.165) is 16.7 Å². The second-order valence-electron chi connectivity index (χ2n) is 7.52. The highest BCUT2D eigenvalue weighted by Crippen LogP contribution is 2.39. The number of hydrogen-bond donors (Lipinski definition) is 2. The van der Waals surface area contributed by atoms with Gasteiger partial charge in [0.1, 0.15) is 30.2 Å². The summed E-state index contributed by atoms with van der Waals surface area (Å²) in [6.07, 6.45) is -4.54. The zero-order chi connectivity index (χ0) is 20.5. The van der Waals surface area contributed by atoms with Gasteiger partial charge in [0, 0.05) is 11.1 Å². The number of aliphatic hydroxyl groups is 2. The van der Waals surface area contributed by atoms with Crippen molar-refractivity contribution in [2.45, 2.75) is 50.8 Å². The van der Waals surface area contributed by atoms with Crippen molar-refractivity contribution >= 4 is 0 Å². The van der Waals surface area contributed by atoms with E-state index < -0.39 is 43.6 Å². The van der Waals surface area contributed by atoms with E-state index in [1.807, 2.05) is 32.0 Å². The van der Waals surface area contributed by atoms with Gasteiger partial charge in [-0.1, -0.05) is 30.3 Å². The fourth-order valence-corrected chi connectivity index (χ4v) is 3.64. The minimum atomic E-state index is -1.15. The largest absolute Gasteiger partial charge is 0.394 e. The molecule has 29 heavy (non-hydrogen) atoms. The predicted octanol–water partition coefficient (Wildman–Crippen LogP) is 2.69. The molecule has 2 heterocycles. The van der Waals surface area contributed by atoms with Crippen molar-refractivity contribution in [3.8, 4) is 0 Å². The summed E-state index contributed by atoms with van der Waals surface area (Å²) in [7, 11) is 0. The third-order valence-electron chi connectivity index (χ3n) is 5.47. The van der Waals surface area contributed by atoms with E-state index >= 15 is 0 Å². The Morgan fingerprint density at radius 2 is 1.69 bits per heavy atom. The topological polar surface area (TPSA) is 77.4 Å². The molecule has 2 aliphatic rings. The van der Waals surface area contributed by atoms with Crippen LogP contribution in [-0.4, -0.2) is 47.8 Å². The van der Waals surface area contributed by atoms with Crippen LogP contribution in [0.5, 0.6) is 0 Å². The Bertz CT molecular complexity index is 842. The minimum absolute atomic E-state index is 0.214. The van der Waals surface area contributed by atoms with Crippen molar-refractivity contribution in [2.24, 2.45) is 0 Å². The number of ether oxygens (including phenoxy) is 4. The highest BCUT2D eigenvalue weighted by atomic mass is 19.1. The molecule has 0 saturated carbocycles. The summed E-state index contributed by atoms with van der Waals surface area (Å²) in [5, 5.41) is 19.9. The van der Waals surface area contributed by atoms with Gasteiger partial charge in [-0.2, -0.15) is 0 Å². The molecule has 0 bridgehead atoms. The molecule has 7 heteroatoms. The zero-order valence-electron chi connectivity index (χ0n) is 16.3. The molecule has 2 aromatic carbocycles. The van der Waals surface area contributed by atoms with Gasteiger partial charge in [0.15, 0.2) is 12.6 Å². The molecule has 2 aromatic rings. The Hall–Kier alpha value is -1.87. The fourth-order valence-electron chi connectivity index (χ4n) is 3.64. The Balaban J connectivity index is 1.56. The maximum absolute atomic E-state index is 13.2. The second kappa shape index (κ2) is 8.47. The molecule has 156 valence electrons. The smallest absolute Gasteiger partial charge is 0.184 e. The predicted molar refractivity (Wildman–Crippen MR) is 101 cm³/mol. The van der Waals surface area contributed by atoms with Crippen molar-refractivity contribution < 1.29 is 33.6 Å². The Kier molecular flexibility index (Phi) is 5.96. The molecule has 2 aliphatic heterocycles. The maximum atomic E-state index is 13.2. The van der Waals surface area contributed by atoms with Crippen LogP contribution in [0.4, 0.5) is 4.39 Å². The lowest BCUT2D eigenvalue weighted by Crippen LogP contribution is -2.58. The summed E-state index contributed by atoms with van der Waals surface area (Å²) >= 11 is 0. The molecule has 2 N–H and O–H groups in total. The summed E-state index contributed by atoms with van der Waals surface area (Å²) in [4.78, 5) is 0. The number of rotatable bonds is 4. The molecule has 2 fully saturated rings. The second-order valence-corrected chi connectivity index (χ2v) is 7.52. The molecule has 4 rings (SSSR count). The average molecular weight is 404 g/mol. The Morgan fingerprint density at radius 3 is 2.38 bits per heavy atom. The van der Waals surface area contributed by atoms with Crippen LogP contribution in [-0.2, 0) is 18.9 Å². The molecular weight excluding hydrogens is 379 g/mol. The van der Waals surface area contributed by atoms with Gasteiger partial charge in [0.25, 0.3) is 0 Å². The normalized spacial score (nSPS) is 30.6. The van der Waals surface area contributed by atoms with Crippen molar-refractivity contribution in [1.82, 2.24) is 0 Å². The first-order chi connectivity index (χ1) is 14.0. The quantitative estimate of drug-likeness (QED) is 0.816. The van der Waals surface area contributed by atoms with E-state index in [2.05, 4.69) is 0 Å². The zero-order valence-corrected chi connectivity index (χ0v) is 16.3. The lowest BCUT2D eigenvalue weighted by atomic mass is 9.99. The van der Waals surface area contributed by atoms with Gasteiger partial charge >= 0.3 is 0 Å². The number of aliphatic hydroxyl groups excluding tert-OH is 2. The van der Waals surface area contributed by atoms with Crippen molar-refractivity contribution in [2.75, 3.05) is 13.2 Å². The van der Waals surface area contributed by atoms with E-state index in [0.29, 0.717) is 5.56 Å². The van der Waals surface area contributed by atoms with Crippen LogP contribution >= 0.6 is 0 Å². The van der Waals surface area contributed by atoms with E-state index in [1.54, 1.807) is 12.1 Å². The molecule has 0 amide bonds. The van der Waals surface area contributed by atoms with E-state index in [1.165, 1.54) is 12.1 Å². The van der Waals surface area contributed by atoms with Gasteiger partial charge in [0.2, 0.25) is 0 Å². The third kappa shape index (κ3) is 4.21. The van der Waals surface area contributed by atoms with Crippen LogP contribution in [0.25, 0.3) is 0 Å². The summed E-state index contributed by atoms with van der Waals surface area (Å²) in [6, 6.07) is 11.7. The number of halogens is 1. The van der Waals surface area contributed by atoms with Gasteiger partial charge in [-0.15, -0.1) is 0 Å². The van der Waals surface area contributed by atoms with Gasteiger partial charge in [-0.25, -0.2) is 4.39 Å². The highest BCUT2D eigenvalue weighted by molar-refractivity contribution is 5.31. The summed E-state index contributed by atoms with van der Waals surface area (Å²) in [5.74, 6) is -0.350. The molecule has 0 radical (unpaired) electrons. The van der Waals surface area contributed by atoms with Crippen LogP contribution in [0.2, 0.25) is 0 Å². The van der Waals surface area contributed by atoms with Crippen molar-refractivity contribution in [3.63, 3.8) is 0 Å². The van der Waals surface area contributed by atoms with Crippen LogP contribution < -0.4 is 0 Å². The molecule has 6 nitrogen and oxygen atoms in total. The highest BCUT2D eigenvalue weighted by Gasteiger charge is 2.48. The summed E-state index contributed by atoms with van der Waals surface area (Å²) in [6.45, 7) is 3.77. The van der Waals surface area contributed by atoms with E-state index in [9.17, 15) is 14.6 Å². The first-order valence-electron chi connectivity index (χ1n) is 9.66. The van der Waals surface area contributed by atoms with Crippen LogP contribution in [0.1, 0.15) is 34.8 Å². The summed E-state index contributed by atoms with van der Waals surface area (Å²) < 4.78 is 37.1.